The summed E-state index contributed by atoms with van der Waals surface area (Å²) in [6.07, 6.45) is 0.374. The third-order valence-corrected chi connectivity index (χ3v) is 6.73. The third kappa shape index (κ3) is 2.99. The number of carboxylic acids is 1. The largest absolute Gasteiger partial charge is 0.497 e. The van der Waals surface area contributed by atoms with E-state index in [1.807, 2.05) is 0 Å². The average Bonchev–Trinajstić information content (AvgIpc) is 3.20. The summed E-state index contributed by atoms with van der Waals surface area (Å²) >= 11 is 1.32. The minimum Gasteiger partial charge on any atom is -0.497 e. The van der Waals surface area contributed by atoms with E-state index >= 15 is 0 Å². The summed E-state index contributed by atoms with van der Waals surface area (Å²) in [4.78, 5) is 11.2. The van der Waals surface area contributed by atoms with E-state index in [-0.39, 0.29) is 23.8 Å². The van der Waals surface area contributed by atoms with E-state index in [1.54, 1.807) is 42.1 Å². The fourth-order valence-electron chi connectivity index (χ4n) is 2.91. The van der Waals surface area contributed by atoms with Gasteiger partial charge in [0, 0.05) is 24.3 Å². The lowest BCUT2D eigenvalue weighted by molar-refractivity contribution is -0.137. The quantitative estimate of drug-likeness (QED) is 0.849. The van der Waals surface area contributed by atoms with Crippen molar-refractivity contribution in [3.63, 3.8) is 0 Å². The number of anilines is 1. The Labute approximate surface area is 144 Å². The molecule has 0 bridgehead atoms. The standard InChI is InChI=1S/C16H17NO5S2/c1-22-12-3-4-15-14(8-12)11(2-5-16(18)19)9-17(15)24(20,21)13-6-7-23-10-13/h3-4,6-8,10-11H,2,5,9H2,1H3,(H,18,19). The second-order valence-corrected chi connectivity index (χ2v) is 8.19. The third-order valence-electron chi connectivity index (χ3n) is 4.12. The van der Waals surface area contributed by atoms with Crippen LogP contribution in [0.1, 0.15) is 24.3 Å². The molecule has 0 amide bonds. The van der Waals surface area contributed by atoms with Gasteiger partial charge >= 0.3 is 5.97 Å². The zero-order valence-corrected chi connectivity index (χ0v) is 14.6. The monoisotopic (exact) mass is 367 g/mol. The van der Waals surface area contributed by atoms with Gasteiger partial charge in [-0.15, -0.1) is 0 Å². The molecule has 24 heavy (non-hydrogen) atoms. The minimum atomic E-state index is -3.64. The van der Waals surface area contributed by atoms with Crippen LogP contribution in [0.25, 0.3) is 0 Å². The molecular weight excluding hydrogens is 350 g/mol. The normalized spacial score (nSPS) is 16.9. The number of nitrogens with zero attached hydrogens (tertiary/aromatic N) is 1. The summed E-state index contributed by atoms with van der Waals surface area (Å²) in [5.41, 5.74) is 1.41. The fourth-order valence-corrected chi connectivity index (χ4v) is 5.46. The maximum Gasteiger partial charge on any atom is 0.303 e. The van der Waals surface area contributed by atoms with E-state index in [0.29, 0.717) is 17.9 Å². The topological polar surface area (TPSA) is 83.9 Å². The van der Waals surface area contributed by atoms with E-state index in [0.717, 1.165) is 5.56 Å². The van der Waals surface area contributed by atoms with Crippen molar-refractivity contribution in [2.24, 2.45) is 0 Å². The summed E-state index contributed by atoms with van der Waals surface area (Å²) in [5.74, 6) is -0.429. The van der Waals surface area contributed by atoms with Gasteiger partial charge in [-0.1, -0.05) is 0 Å². The van der Waals surface area contributed by atoms with Crippen molar-refractivity contribution < 1.29 is 23.1 Å². The predicted molar refractivity (Wildman–Crippen MR) is 91.5 cm³/mol. The molecule has 8 heteroatoms. The predicted octanol–water partition coefficient (Wildman–Crippen LogP) is 2.91. The highest BCUT2D eigenvalue weighted by Crippen LogP contribution is 2.43. The van der Waals surface area contributed by atoms with E-state index in [1.165, 1.54) is 15.6 Å². The summed E-state index contributed by atoms with van der Waals surface area (Å²) in [7, 11) is -2.10. The molecule has 0 radical (unpaired) electrons. The minimum absolute atomic E-state index is 0.00629. The highest BCUT2D eigenvalue weighted by Gasteiger charge is 2.37. The maximum absolute atomic E-state index is 12.9. The van der Waals surface area contributed by atoms with Crippen LogP contribution < -0.4 is 9.04 Å². The van der Waals surface area contributed by atoms with E-state index in [4.69, 9.17) is 9.84 Å². The molecule has 1 aliphatic rings. The number of carboxylic acid groups (broad SMARTS) is 1. The van der Waals surface area contributed by atoms with Gasteiger partial charge in [0.15, 0.2) is 0 Å². The number of carbonyl (C=O) groups is 1. The van der Waals surface area contributed by atoms with Crippen LogP contribution in [0.4, 0.5) is 5.69 Å². The van der Waals surface area contributed by atoms with Gasteiger partial charge in [0.1, 0.15) is 5.75 Å². The molecule has 6 nitrogen and oxygen atoms in total. The van der Waals surface area contributed by atoms with Gasteiger partial charge in [0.25, 0.3) is 10.0 Å². The van der Waals surface area contributed by atoms with E-state index in [9.17, 15) is 13.2 Å². The Bertz CT molecular complexity index is 845. The van der Waals surface area contributed by atoms with Crippen LogP contribution in [0.5, 0.6) is 5.75 Å². The van der Waals surface area contributed by atoms with Gasteiger partial charge in [-0.25, -0.2) is 8.42 Å². The van der Waals surface area contributed by atoms with Crippen LogP contribution in [0, 0.1) is 0 Å². The van der Waals surface area contributed by atoms with Crippen molar-refractivity contribution in [2.45, 2.75) is 23.7 Å². The molecule has 1 unspecified atom stereocenters. The fraction of sp³-hybridized carbons (Fsp3) is 0.312. The Kier molecular flexibility index (Phi) is 4.51. The molecule has 1 aliphatic heterocycles. The van der Waals surface area contributed by atoms with Gasteiger partial charge < -0.3 is 9.84 Å². The molecule has 0 fully saturated rings. The molecule has 2 aromatic rings. The molecule has 1 aromatic carbocycles. The Morgan fingerprint density at radius 3 is 2.83 bits per heavy atom. The number of rotatable bonds is 6. The van der Waals surface area contributed by atoms with E-state index < -0.39 is 16.0 Å². The number of fused-ring (bicyclic) bond motifs is 1. The number of methoxy groups -OCH3 is 1. The van der Waals surface area contributed by atoms with Crippen LogP contribution >= 0.6 is 11.3 Å². The van der Waals surface area contributed by atoms with Crippen LogP contribution in [-0.4, -0.2) is 33.1 Å². The van der Waals surface area contributed by atoms with Gasteiger partial charge in [-0.05, 0) is 41.6 Å². The van der Waals surface area contributed by atoms with Crippen molar-refractivity contribution in [3.05, 3.63) is 40.6 Å². The van der Waals surface area contributed by atoms with Crippen LogP contribution in [0.3, 0.4) is 0 Å². The Balaban J connectivity index is 2.01. The first-order valence-corrected chi connectivity index (χ1v) is 9.76. The number of hydrogen-bond acceptors (Lipinski definition) is 5. The molecule has 2 heterocycles. The first kappa shape index (κ1) is 16.8. The molecule has 0 aliphatic carbocycles. The van der Waals surface area contributed by atoms with Crippen molar-refractivity contribution >= 4 is 33.0 Å². The number of thiophene rings is 1. The smallest absolute Gasteiger partial charge is 0.303 e. The highest BCUT2D eigenvalue weighted by molar-refractivity contribution is 7.93. The summed E-state index contributed by atoms with van der Waals surface area (Å²) in [6.45, 7) is 0.244. The molecule has 128 valence electrons. The highest BCUT2D eigenvalue weighted by atomic mass is 32.2. The molecule has 3 rings (SSSR count). The van der Waals surface area contributed by atoms with Gasteiger partial charge in [0.2, 0.25) is 0 Å². The number of sulfonamides is 1. The number of ether oxygens (including phenoxy) is 1. The molecule has 1 N–H and O–H groups in total. The van der Waals surface area contributed by atoms with Crippen molar-refractivity contribution in [1.82, 2.24) is 0 Å². The molecule has 1 aromatic heterocycles. The lowest BCUT2D eigenvalue weighted by atomic mass is 9.96. The zero-order valence-electron chi connectivity index (χ0n) is 13.0. The summed E-state index contributed by atoms with van der Waals surface area (Å²) < 4.78 is 32.4. The zero-order chi connectivity index (χ0) is 17.3. The molecule has 0 spiro atoms. The van der Waals surface area contributed by atoms with E-state index in [2.05, 4.69) is 0 Å². The molecular formula is C16H17NO5S2. The molecule has 0 saturated heterocycles. The molecule has 0 saturated carbocycles. The van der Waals surface area contributed by atoms with Crippen LogP contribution in [0.2, 0.25) is 0 Å². The maximum atomic E-state index is 12.9. The Hall–Kier alpha value is -2.06. The first-order chi connectivity index (χ1) is 11.4. The second kappa shape index (κ2) is 6.45. The lowest BCUT2D eigenvalue weighted by Gasteiger charge is -2.19. The summed E-state index contributed by atoms with van der Waals surface area (Å²) in [5, 5.41) is 12.3. The van der Waals surface area contributed by atoms with Gasteiger partial charge in [-0.2, -0.15) is 11.3 Å². The van der Waals surface area contributed by atoms with Crippen molar-refractivity contribution in [1.29, 1.82) is 0 Å². The van der Waals surface area contributed by atoms with Crippen LogP contribution in [0.15, 0.2) is 39.9 Å². The van der Waals surface area contributed by atoms with Crippen LogP contribution in [-0.2, 0) is 14.8 Å². The second-order valence-electron chi connectivity index (χ2n) is 5.55. The lowest BCUT2D eigenvalue weighted by Crippen LogP contribution is -2.29. The van der Waals surface area contributed by atoms with Gasteiger partial charge in [0.05, 0.1) is 17.7 Å². The Morgan fingerprint density at radius 1 is 1.42 bits per heavy atom. The Morgan fingerprint density at radius 2 is 2.21 bits per heavy atom. The van der Waals surface area contributed by atoms with Crippen molar-refractivity contribution in [3.8, 4) is 5.75 Å². The number of benzene rings is 1. The molecule has 1 atom stereocenters. The SMILES string of the molecule is COc1ccc2c(c1)C(CCC(=O)O)CN2S(=O)(=O)c1ccsc1. The summed E-state index contributed by atoms with van der Waals surface area (Å²) in [6, 6.07) is 6.81. The van der Waals surface area contributed by atoms with Gasteiger partial charge in [-0.3, -0.25) is 9.10 Å². The number of aliphatic carboxylic acids is 1. The first-order valence-electron chi connectivity index (χ1n) is 7.38. The average molecular weight is 367 g/mol. The van der Waals surface area contributed by atoms with Crippen molar-refractivity contribution in [2.75, 3.05) is 18.0 Å². The number of hydrogen-bond donors (Lipinski definition) is 1.